The minimum atomic E-state index is -3.48. The first kappa shape index (κ1) is 16.4. The fourth-order valence-corrected chi connectivity index (χ4v) is 4.02. The second-order valence-corrected chi connectivity index (χ2v) is 7.80. The van der Waals surface area contributed by atoms with Gasteiger partial charge in [0.15, 0.2) is 0 Å². The van der Waals surface area contributed by atoms with Gasteiger partial charge in [-0.3, -0.25) is 4.79 Å². The van der Waals surface area contributed by atoms with Crippen LogP contribution in [0.3, 0.4) is 0 Å². The van der Waals surface area contributed by atoms with Gasteiger partial charge in [-0.25, -0.2) is 13.1 Å². The van der Waals surface area contributed by atoms with E-state index in [1.54, 1.807) is 0 Å². The van der Waals surface area contributed by atoms with Crippen LogP contribution in [0.15, 0.2) is 28.7 Å². The van der Waals surface area contributed by atoms with Gasteiger partial charge < -0.3 is 10.1 Å². The third kappa shape index (κ3) is 4.26. The number of methoxy groups -OCH3 is 1. The average Bonchev–Trinajstić information content (AvgIpc) is 2.95. The first-order valence-corrected chi connectivity index (χ1v) is 8.80. The predicted octanol–water partition coefficient (Wildman–Crippen LogP) is 0.772. The summed E-state index contributed by atoms with van der Waals surface area (Å²) in [6, 6.07) is 6.87. The van der Waals surface area contributed by atoms with Gasteiger partial charge in [0.1, 0.15) is 6.04 Å². The van der Waals surface area contributed by atoms with Gasteiger partial charge in [0.05, 0.1) is 12.4 Å². The third-order valence-corrected chi connectivity index (χ3v) is 5.66. The number of esters is 1. The number of hydrogen-bond donors (Lipinski definition) is 2. The van der Waals surface area contributed by atoms with Crippen molar-refractivity contribution in [2.75, 3.05) is 13.7 Å². The van der Waals surface area contributed by atoms with E-state index in [2.05, 4.69) is 30.7 Å². The molecule has 0 amide bonds. The highest BCUT2D eigenvalue weighted by Gasteiger charge is 2.37. The molecular formula is C13H17BrN2O4S. The molecule has 2 unspecified atom stereocenters. The summed E-state index contributed by atoms with van der Waals surface area (Å²) in [6.07, 6.45) is 0.223. The minimum Gasteiger partial charge on any atom is -0.468 e. The molecule has 21 heavy (non-hydrogen) atoms. The van der Waals surface area contributed by atoms with E-state index in [0.717, 1.165) is 10.0 Å². The lowest BCUT2D eigenvalue weighted by Gasteiger charge is -2.12. The smallest absolute Gasteiger partial charge is 0.322 e. The lowest BCUT2D eigenvalue weighted by Crippen LogP contribution is -2.35. The van der Waals surface area contributed by atoms with Crippen LogP contribution in [-0.4, -0.2) is 39.3 Å². The van der Waals surface area contributed by atoms with Gasteiger partial charge in [-0.2, -0.15) is 0 Å². The zero-order valence-electron chi connectivity index (χ0n) is 11.5. The molecule has 0 radical (unpaired) electrons. The highest BCUT2D eigenvalue weighted by molar-refractivity contribution is 9.10. The van der Waals surface area contributed by atoms with Crippen LogP contribution in [0.5, 0.6) is 0 Å². The van der Waals surface area contributed by atoms with E-state index < -0.39 is 27.3 Å². The van der Waals surface area contributed by atoms with E-state index in [1.807, 2.05) is 24.3 Å². The summed E-state index contributed by atoms with van der Waals surface area (Å²) < 4.78 is 32.6. The first-order chi connectivity index (χ1) is 9.92. The Balaban J connectivity index is 1.95. The van der Waals surface area contributed by atoms with Gasteiger partial charge in [-0.05, 0) is 24.1 Å². The molecule has 1 heterocycles. The molecule has 1 aliphatic heterocycles. The highest BCUT2D eigenvalue weighted by atomic mass is 79.9. The number of carbonyl (C=O) groups is 1. The van der Waals surface area contributed by atoms with Gasteiger partial charge in [0.25, 0.3) is 0 Å². The Hall–Kier alpha value is -0.960. The molecule has 1 aliphatic rings. The van der Waals surface area contributed by atoms with Crippen LogP contribution in [0.4, 0.5) is 0 Å². The summed E-state index contributed by atoms with van der Waals surface area (Å²) in [5.74, 6) is -0.431. The molecule has 1 saturated heterocycles. The van der Waals surface area contributed by atoms with E-state index in [-0.39, 0.29) is 19.5 Å². The number of benzene rings is 1. The number of halogens is 1. The molecule has 0 aliphatic carbocycles. The second-order valence-electron chi connectivity index (χ2n) is 4.84. The Labute approximate surface area is 132 Å². The van der Waals surface area contributed by atoms with Crippen molar-refractivity contribution in [3.8, 4) is 0 Å². The third-order valence-electron chi connectivity index (χ3n) is 3.38. The molecule has 1 aromatic rings. The topological polar surface area (TPSA) is 84.5 Å². The van der Waals surface area contributed by atoms with Gasteiger partial charge >= 0.3 is 5.97 Å². The van der Waals surface area contributed by atoms with E-state index in [0.29, 0.717) is 0 Å². The van der Waals surface area contributed by atoms with Crippen molar-refractivity contribution in [3.63, 3.8) is 0 Å². The van der Waals surface area contributed by atoms with Gasteiger partial charge in [0.2, 0.25) is 10.0 Å². The van der Waals surface area contributed by atoms with E-state index >= 15 is 0 Å². The zero-order chi connectivity index (χ0) is 15.5. The lowest BCUT2D eigenvalue weighted by atomic mass is 10.2. The van der Waals surface area contributed by atoms with Crippen LogP contribution >= 0.6 is 15.9 Å². The van der Waals surface area contributed by atoms with Crippen molar-refractivity contribution >= 4 is 31.9 Å². The number of nitrogens with one attached hydrogen (secondary N) is 2. The lowest BCUT2D eigenvalue weighted by molar-refractivity contribution is -0.142. The second kappa shape index (κ2) is 6.87. The van der Waals surface area contributed by atoms with Gasteiger partial charge in [0, 0.05) is 17.6 Å². The molecule has 116 valence electrons. The molecule has 1 fully saturated rings. The SMILES string of the molecule is COC(=O)C1CC(S(=O)(=O)NCc2cccc(Br)c2)CN1. The van der Waals surface area contributed by atoms with Gasteiger partial charge in [-0.1, -0.05) is 28.1 Å². The number of rotatable bonds is 5. The zero-order valence-corrected chi connectivity index (χ0v) is 13.9. The molecule has 0 bridgehead atoms. The number of sulfonamides is 1. The molecule has 0 saturated carbocycles. The predicted molar refractivity (Wildman–Crippen MR) is 82.1 cm³/mol. The fourth-order valence-electron chi connectivity index (χ4n) is 2.21. The summed E-state index contributed by atoms with van der Waals surface area (Å²) in [5, 5.41) is 2.24. The number of ether oxygens (including phenoxy) is 1. The van der Waals surface area contributed by atoms with Crippen molar-refractivity contribution in [2.24, 2.45) is 0 Å². The van der Waals surface area contributed by atoms with Crippen molar-refractivity contribution in [1.29, 1.82) is 0 Å². The monoisotopic (exact) mass is 376 g/mol. The van der Waals surface area contributed by atoms with E-state index in [1.165, 1.54) is 7.11 Å². The maximum Gasteiger partial charge on any atom is 0.322 e. The van der Waals surface area contributed by atoms with Crippen LogP contribution in [0.25, 0.3) is 0 Å². The summed E-state index contributed by atoms with van der Waals surface area (Å²) in [6.45, 7) is 0.467. The Morgan fingerprint density at radius 1 is 1.52 bits per heavy atom. The fraction of sp³-hybridized carbons (Fsp3) is 0.462. The standard InChI is InChI=1S/C13H17BrN2O4S/c1-20-13(17)12-6-11(8-15-12)21(18,19)16-7-9-3-2-4-10(14)5-9/h2-5,11-12,15-16H,6-8H2,1H3. The first-order valence-electron chi connectivity index (χ1n) is 6.46. The van der Waals surface area contributed by atoms with Crippen LogP contribution in [0.1, 0.15) is 12.0 Å². The molecule has 8 heteroatoms. The summed E-state index contributed by atoms with van der Waals surface area (Å²) in [7, 11) is -2.19. The molecule has 0 spiro atoms. The molecule has 2 N–H and O–H groups in total. The Bertz CT molecular complexity index is 620. The molecule has 0 aromatic heterocycles. The van der Waals surface area contributed by atoms with Crippen LogP contribution in [0.2, 0.25) is 0 Å². The average molecular weight is 377 g/mol. The van der Waals surface area contributed by atoms with Crippen molar-refractivity contribution in [1.82, 2.24) is 10.0 Å². The van der Waals surface area contributed by atoms with Crippen molar-refractivity contribution in [2.45, 2.75) is 24.3 Å². The van der Waals surface area contributed by atoms with Crippen molar-refractivity contribution in [3.05, 3.63) is 34.3 Å². The Morgan fingerprint density at radius 3 is 2.95 bits per heavy atom. The molecule has 1 aromatic carbocycles. The van der Waals surface area contributed by atoms with Gasteiger partial charge in [-0.15, -0.1) is 0 Å². The van der Waals surface area contributed by atoms with Crippen molar-refractivity contribution < 1.29 is 17.9 Å². The van der Waals surface area contributed by atoms with Crippen LogP contribution < -0.4 is 10.0 Å². The quantitative estimate of drug-likeness (QED) is 0.741. The Kier molecular flexibility index (Phi) is 5.37. The molecule has 6 nitrogen and oxygen atoms in total. The summed E-state index contributed by atoms with van der Waals surface area (Å²) >= 11 is 3.34. The number of hydrogen-bond acceptors (Lipinski definition) is 5. The summed E-state index contributed by atoms with van der Waals surface area (Å²) in [4.78, 5) is 11.4. The summed E-state index contributed by atoms with van der Waals surface area (Å²) in [5.41, 5.74) is 0.864. The maximum absolute atomic E-state index is 12.2. The largest absolute Gasteiger partial charge is 0.468 e. The highest BCUT2D eigenvalue weighted by Crippen LogP contribution is 2.16. The maximum atomic E-state index is 12.2. The minimum absolute atomic E-state index is 0.223. The van der Waals surface area contributed by atoms with Crippen LogP contribution in [0, 0.1) is 0 Å². The van der Waals surface area contributed by atoms with Crippen LogP contribution in [-0.2, 0) is 26.1 Å². The van der Waals surface area contributed by atoms with E-state index in [9.17, 15) is 13.2 Å². The van der Waals surface area contributed by atoms with E-state index in [4.69, 9.17) is 0 Å². The Morgan fingerprint density at radius 2 is 2.29 bits per heavy atom. The molecule has 2 atom stereocenters. The number of carbonyl (C=O) groups excluding carboxylic acids is 1. The molecule has 2 rings (SSSR count). The normalized spacial score (nSPS) is 22.2. The molecular weight excluding hydrogens is 360 g/mol.